The number of rotatable bonds is 5. The second-order valence-corrected chi connectivity index (χ2v) is 6.31. The molecule has 20 heavy (non-hydrogen) atoms. The quantitative estimate of drug-likeness (QED) is 0.908. The van der Waals surface area contributed by atoms with E-state index in [1.165, 1.54) is 22.2 Å². The molecule has 5 nitrogen and oxygen atoms in total. The molecule has 3 rings (SSSR count). The van der Waals surface area contributed by atoms with Crippen LogP contribution in [-0.2, 0) is 17.6 Å². The van der Waals surface area contributed by atoms with E-state index in [0.717, 1.165) is 23.5 Å². The lowest BCUT2D eigenvalue weighted by Crippen LogP contribution is -2.32. The molecule has 108 valence electrons. The number of ether oxygens (including phenoxy) is 1. The number of methoxy groups -OCH3 is 1. The van der Waals surface area contributed by atoms with E-state index in [0.29, 0.717) is 13.2 Å². The average molecular weight is 293 g/mol. The van der Waals surface area contributed by atoms with Crippen LogP contribution in [0.25, 0.3) is 10.2 Å². The van der Waals surface area contributed by atoms with Crippen molar-refractivity contribution in [2.75, 3.05) is 32.2 Å². The van der Waals surface area contributed by atoms with E-state index in [1.54, 1.807) is 24.8 Å². The van der Waals surface area contributed by atoms with Crippen LogP contribution in [0.4, 0.5) is 5.82 Å². The van der Waals surface area contributed by atoms with Crippen LogP contribution in [0.3, 0.4) is 0 Å². The molecular weight excluding hydrogens is 274 g/mol. The van der Waals surface area contributed by atoms with E-state index >= 15 is 0 Å². The lowest BCUT2D eigenvalue weighted by Gasteiger charge is -2.22. The van der Waals surface area contributed by atoms with Crippen molar-refractivity contribution in [2.45, 2.75) is 25.4 Å². The maximum atomic E-state index is 9.89. The number of aryl methyl sites for hydroxylation is 2. The molecule has 1 atom stereocenters. The van der Waals surface area contributed by atoms with E-state index in [-0.39, 0.29) is 0 Å². The minimum Gasteiger partial charge on any atom is -0.389 e. The molecule has 0 saturated heterocycles. The van der Waals surface area contributed by atoms with Crippen LogP contribution in [0.1, 0.15) is 16.9 Å². The summed E-state index contributed by atoms with van der Waals surface area (Å²) in [7, 11) is 3.55. The Hall–Kier alpha value is -1.24. The van der Waals surface area contributed by atoms with Gasteiger partial charge in [0.2, 0.25) is 0 Å². The van der Waals surface area contributed by atoms with Crippen molar-refractivity contribution in [1.29, 1.82) is 0 Å². The van der Waals surface area contributed by atoms with Crippen LogP contribution in [0.2, 0.25) is 0 Å². The zero-order valence-corrected chi connectivity index (χ0v) is 12.6. The summed E-state index contributed by atoms with van der Waals surface area (Å²) in [5.74, 6) is 0.921. The van der Waals surface area contributed by atoms with Gasteiger partial charge in [-0.05, 0) is 24.8 Å². The Kier molecular flexibility index (Phi) is 3.87. The van der Waals surface area contributed by atoms with Gasteiger partial charge in [0.25, 0.3) is 0 Å². The summed E-state index contributed by atoms with van der Waals surface area (Å²) in [6, 6.07) is 0. The van der Waals surface area contributed by atoms with Crippen LogP contribution >= 0.6 is 11.3 Å². The predicted molar refractivity (Wildman–Crippen MR) is 80.6 cm³/mol. The smallest absolute Gasteiger partial charge is 0.140 e. The SMILES string of the molecule is COCC(O)CN(C)c1ncnc2sc3c(c12)CCC3. The molecule has 0 fully saturated rings. The molecule has 0 radical (unpaired) electrons. The van der Waals surface area contributed by atoms with Gasteiger partial charge >= 0.3 is 0 Å². The molecule has 6 heteroatoms. The van der Waals surface area contributed by atoms with Crippen molar-refractivity contribution >= 4 is 27.4 Å². The molecule has 2 aromatic rings. The van der Waals surface area contributed by atoms with E-state index in [4.69, 9.17) is 4.74 Å². The normalized spacial score (nSPS) is 15.6. The fourth-order valence-electron chi connectivity index (χ4n) is 2.85. The van der Waals surface area contributed by atoms with E-state index < -0.39 is 6.10 Å². The Morgan fingerprint density at radius 2 is 2.30 bits per heavy atom. The van der Waals surface area contributed by atoms with Crippen molar-refractivity contribution < 1.29 is 9.84 Å². The number of hydrogen-bond donors (Lipinski definition) is 1. The summed E-state index contributed by atoms with van der Waals surface area (Å²) < 4.78 is 4.98. The lowest BCUT2D eigenvalue weighted by atomic mass is 10.2. The molecule has 0 bridgehead atoms. The van der Waals surface area contributed by atoms with E-state index in [2.05, 4.69) is 9.97 Å². The fourth-order valence-corrected chi connectivity index (χ4v) is 4.07. The van der Waals surface area contributed by atoms with Gasteiger partial charge in [-0.2, -0.15) is 0 Å². The molecule has 1 N–H and O–H groups in total. The monoisotopic (exact) mass is 293 g/mol. The van der Waals surface area contributed by atoms with Crippen molar-refractivity contribution in [1.82, 2.24) is 9.97 Å². The minimum absolute atomic E-state index is 0.334. The fraction of sp³-hybridized carbons (Fsp3) is 0.571. The number of anilines is 1. The van der Waals surface area contributed by atoms with Crippen LogP contribution in [-0.4, -0.2) is 48.5 Å². The summed E-state index contributed by atoms with van der Waals surface area (Å²) >= 11 is 1.78. The Balaban J connectivity index is 1.94. The second-order valence-electron chi connectivity index (χ2n) is 5.22. The third-order valence-corrected chi connectivity index (χ3v) is 4.89. The zero-order chi connectivity index (χ0) is 14.1. The highest BCUT2D eigenvalue weighted by atomic mass is 32.1. The first-order chi connectivity index (χ1) is 9.70. The lowest BCUT2D eigenvalue weighted by molar-refractivity contribution is 0.0694. The summed E-state index contributed by atoms with van der Waals surface area (Å²) in [5, 5.41) is 11.1. The maximum absolute atomic E-state index is 9.89. The maximum Gasteiger partial charge on any atom is 0.140 e. The van der Waals surface area contributed by atoms with E-state index in [9.17, 15) is 5.11 Å². The summed E-state index contributed by atoms with van der Waals surface area (Å²) in [6.45, 7) is 0.838. The molecule has 1 aliphatic rings. The highest BCUT2D eigenvalue weighted by Gasteiger charge is 2.23. The topological polar surface area (TPSA) is 58.5 Å². The molecule has 2 heterocycles. The number of aliphatic hydroxyl groups excluding tert-OH is 1. The Morgan fingerprint density at radius 3 is 3.10 bits per heavy atom. The third-order valence-electron chi connectivity index (χ3n) is 3.69. The van der Waals surface area contributed by atoms with Gasteiger partial charge in [0.1, 0.15) is 17.0 Å². The average Bonchev–Trinajstić information content (AvgIpc) is 2.98. The first kappa shape index (κ1) is 13.7. The van der Waals surface area contributed by atoms with Crippen LogP contribution in [0.5, 0.6) is 0 Å². The van der Waals surface area contributed by atoms with Crippen LogP contribution in [0.15, 0.2) is 6.33 Å². The van der Waals surface area contributed by atoms with Crippen LogP contribution < -0.4 is 4.90 Å². The molecule has 1 aliphatic carbocycles. The van der Waals surface area contributed by atoms with Gasteiger partial charge < -0.3 is 14.7 Å². The first-order valence-electron chi connectivity index (χ1n) is 6.84. The molecule has 2 aromatic heterocycles. The second kappa shape index (κ2) is 5.63. The van der Waals surface area contributed by atoms with Crippen molar-refractivity contribution in [3.63, 3.8) is 0 Å². The van der Waals surface area contributed by atoms with Gasteiger partial charge in [-0.15, -0.1) is 11.3 Å². The number of aromatic nitrogens is 2. The van der Waals surface area contributed by atoms with Gasteiger partial charge in [0.15, 0.2) is 0 Å². The van der Waals surface area contributed by atoms with E-state index in [1.807, 2.05) is 11.9 Å². The predicted octanol–water partition coefficient (Wildman–Crippen LogP) is 1.62. The van der Waals surface area contributed by atoms with Gasteiger partial charge in [-0.3, -0.25) is 0 Å². The summed E-state index contributed by atoms with van der Waals surface area (Å²) in [5.41, 5.74) is 1.41. The molecular formula is C14H19N3O2S. The number of nitrogens with zero attached hydrogens (tertiary/aromatic N) is 3. The highest BCUT2D eigenvalue weighted by molar-refractivity contribution is 7.19. The Bertz CT molecular complexity index is 614. The Morgan fingerprint density at radius 1 is 1.45 bits per heavy atom. The standard InChI is InChI=1S/C14H19N3O2S/c1-17(6-9(18)7-19-2)13-12-10-4-3-5-11(10)20-14(12)16-8-15-13/h8-9,18H,3-7H2,1-2H3. The molecule has 0 amide bonds. The van der Waals surface area contributed by atoms with Crippen LogP contribution in [0, 0.1) is 0 Å². The van der Waals surface area contributed by atoms with Gasteiger partial charge in [-0.1, -0.05) is 0 Å². The van der Waals surface area contributed by atoms with Crippen molar-refractivity contribution in [3.8, 4) is 0 Å². The van der Waals surface area contributed by atoms with Gasteiger partial charge in [0, 0.05) is 25.6 Å². The number of aliphatic hydroxyl groups is 1. The molecule has 0 spiro atoms. The molecule has 0 aliphatic heterocycles. The summed E-state index contributed by atoms with van der Waals surface area (Å²) in [4.78, 5) is 13.3. The van der Waals surface area contributed by atoms with Gasteiger partial charge in [0.05, 0.1) is 18.1 Å². The largest absolute Gasteiger partial charge is 0.389 e. The van der Waals surface area contributed by atoms with Gasteiger partial charge in [-0.25, -0.2) is 9.97 Å². The number of likely N-dealkylation sites (N-methyl/N-ethyl adjacent to an activating group) is 1. The number of thiophene rings is 1. The molecule has 0 saturated carbocycles. The molecule has 1 unspecified atom stereocenters. The highest BCUT2D eigenvalue weighted by Crippen LogP contribution is 2.39. The van der Waals surface area contributed by atoms with Crippen molar-refractivity contribution in [3.05, 3.63) is 16.8 Å². The molecule has 0 aromatic carbocycles. The third kappa shape index (κ3) is 2.39. The summed E-state index contributed by atoms with van der Waals surface area (Å²) in [6.07, 6.45) is 4.60. The number of hydrogen-bond acceptors (Lipinski definition) is 6. The van der Waals surface area contributed by atoms with Crippen molar-refractivity contribution in [2.24, 2.45) is 0 Å². The first-order valence-corrected chi connectivity index (χ1v) is 7.65. The Labute approximate surface area is 122 Å². The zero-order valence-electron chi connectivity index (χ0n) is 11.8. The minimum atomic E-state index is -0.512. The number of fused-ring (bicyclic) bond motifs is 3.